The van der Waals surface area contributed by atoms with Crippen LogP contribution in [0.4, 0.5) is 0 Å². The molecule has 3 nitrogen and oxygen atoms in total. The third-order valence-corrected chi connectivity index (χ3v) is 2.97. The minimum atomic E-state index is 0.484. The van der Waals surface area contributed by atoms with Gasteiger partial charge in [0.2, 0.25) is 0 Å². The number of nitrogens with two attached hydrogens (primary N) is 1. The monoisotopic (exact) mass is 229 g/mol. The topological polar surface area (TPSA) is 43.8 Å². The van der Waals surface area contributed by atoms with Crippen LogP contribution in [0.2, 0.25) is 0 Å². The van der Waals surface area contributed by atoms with Gasteiger partial charge in [0, 0.05) is 25.4 Å². The molecule has 0 saturated carbocycles. The van der Waals surface area contributed by atoms with E-state index in [2.05, 4.69) is 43.1 Å². The number of hydrogen-bond acceptors (Lipinski definition) is 2. The number of imidazole rings is 1. The van der Waals surface area contributed by atoms with Crippen LogP contribution in [-0.2, 0) is 13.6 Å². The molecule has 0 aliphatic rings. The number of aryl methyl sites for hydroxylation is 1. The van der Waals surface area contributed by atoms with Crippen molar-refractivity contribution in [3.63, 3.8) is 0 Å². The summed E-state index contributed by atoms with van der Waals surface area (Å²) in [6.45, 7) is 4.88. The van der Waals surface area contributed by atoms with Gasteiger partial charge in [0.15, 0.2) is 0 Å². The van der Waals surface area contributed by atoms with Crippen molar-refractivity contribution in [2.75, 3.05) is 0 Å². The first-order valence-electron chi connectivity index (χ1n) is 5.94. The van der Waals surface area contributed by atoms with E-state index in [1.165, 1.54) is 5.56 Å². The third-order valence-electron chi connectivity index (χ3n) is 2.97. The van der Waals surface area contributed by atoms with E-state index in [9.17, 15) is 0 Å². The molecule has 0 radical (unpaired) electrons. The molecule has 0 spiro atoms. The Hall–Kier alpha value is -1.61. The summed E-state index contributed by atoms with van der Waals surface area (Å²) < 4.78 is 2.02. The average Bonchev–Trinajstić information content (AvgIpc) is 2.71. The van der Waals surface area contributed by atoms with Crippen LogP contribution in [0, 0.1) is 0 Å². The van der Waals surface area contributed by atoms with Gasteiger partial charge in [-0.15, -0.1) is 0 Å². The molecular weight excluding hydrogens is 210 g/mol. The minimum absolute atomic E-state index is 0.484. The Bertz CT molecular complexity index is 495. The number of hydrogen-bond donors (Lipinski definition) is 1. The second-order valence-electron chi connectivity index (χ2n) is 4.65. The lowest BCUT2D eigenvalue weighted by Crippen LogP contribution is -1.95. The first-order valence-corrected chi connectivity index (χ1v) is 5.94. The van der Waals surface area contributed by atoms with Gasteiger partial charge in [0.1, 0.15) is 5.82 Å². The van der Waals surface area contributed by atoms with Crippen LogP contribution < -0.4 is 5.73 Å². The van der Waals surface area contributed by atoms with Gasteiger partial charge >= 0.3 is 0 Å². The molecule has 3 heteroatoms. The highest BCUT2D eigenvalue weighted by atomic mass is 15.0. The first kappa shape index (κ1) is 11.9. The fraction of sp³-hybridized carbons (Fsp3) is 0.357. The van der Waals surface area contributed by atoms with Crippen LogP contribution in [0.3, 0.4) is 0 Å². The SMILES string of the molecule is CC(C)c1ccc(-c2nc(CN)cn2C)cc1. The highest BCUT2D eigenvalue weighted by Gasteiger charge is 2.07. The summed E-state index contributed by atoms with van der Waals surface area (Å²) in [5.74, 6) is 1.53. The molecule has 90 valence electrons. The van der Waals surface area contributed by atoms with E-state index in [0.717, 1.165) is 17.1 Å². The smallest absolute Gasteiger partial charge is 0.140 e. The van der Waals surface area contributed by atoms with Crippen LogP contribution in [0.5, 0.6) is 0 Å². The highest BCUT2D eigenvalue weighted by molar-refractivity contribution is 5.56. The lowest BCUT2D eigenvalue weighted by Gasteiger charge is -2.06. The summed E-state index contributed by atoms with van der Waals surface area (Å²) >= 11 is 0. The predicted molar refractivity (Wildman–Crippen MR) is 70.6 cm³/mol. The van der Waals surface area contributed by atoms with Gasteiger partial charge in [0.25, 0.3) is 0 Å². The minimum Gasteiger partial charge on any atom is -0.334 e. The molecule has 0 unspecified atom stereocenters. The van der Waals surface area contributed by atoms with Crippen molar-refractivity contribution >= 4 is 0 Å². The molecular formula is C14H19N3. The summed E-state index contributed by atoms with van der Waals surface area (Å²) in [6.07, 6.45) is 1.98. The van der Waals surface area contributed by atoms with Gasteiger partial charge in [-0.05, 0) is 11.5 Å². The Morgan fingerprint density at radius 2 is 1.88 bits per heavy atom. The summed E-state index contributed by atoms with van der Waals surface area (Å²) in [5, 5.41) is 0. The molecule has 2 rings (SSSR count). The van der Waals surface area contributed by atoms with E-state index in [1.807, 2.05) is 17.8 Å². The van der Waals surface area contributed by atoms with Crippen molar-refractivity contribution in [3.05, 3.63) is 41.7 Å². The van der Waals surface area contributed by atoms with Gasteiger partial charge in [-0.3, -0.25) is 0 Å². The highest BCUT2D eigenvalue weighted by Crippen LogP contribution is 2.21. The van der Waals surface area contributed by atoms with E-state index in [1.54, 1.807) is 0 Å². The number of benzene rings is 1. The zero-order valence-corrected chi connectivity index (χ0v) is 10.6. The van der Waals surface area contributed by atoms with Crippen molar-refractivity contribution in [1.29, 1.82) is 0 Å². The van der Waals surface area contributed by atoms with Crippen molar-refractivity contribution in [3.8, 4) is 11.4 Å². The largest absolute Gasteiger partial charge is 0.334 e. The number of nitrogens with zero attached hydrogens (tertiary/aromatic N) is 2. The molecule has 0 fully saturated rings. The average molecular weight is 229 g/mol. The van der Waals surface area contributed by atoms with Gasteiger partial charge in [-0.2, -0.15) is 0 Å². The predicted octanol–water partition coefficient (Wildman–Crippen LogP) is 2.67. The number of rotatable bonds is 3. The molecule has 2 N–H and O–H groups in total. The second-order valence-corrected chi connectivity index (χ2v) is 4.65. The fourth-order valence-electron chi connectivity index (χ4n) is 1.91. The van der Waals surface area contributed by atoms with E-state index >= 15 is 0 Å². The van der Waals surface area contributed by atoms with Crippen LogP contribution in [0.15, 0.2) is 30.5 Å². The summed E-state index contributed by atoms with van der Waals surface area (Å²) in [7, 11) is 2.00. The maximum absolute atomic E-state index is 5.60. The van der Waals surface area contributed by atoms with Crippen LogP contribution >= 0.6 is 0 Å². The Balaban J connectivity index is 2.36. The molecule has 0 atom stereocenters. The van der Waals surface area contributed by atoms with Gasteiger partial charge < -0.3 is 10.3 Å². The van der Waals surface area contributed by atoms with Crippen LogP contribution in [0.25, 0.3) is 11.4 Å². The van der Waals surface area contributed by atoms with Gasteiger partial charge in [-0.25, -0.2) is 4.98 Å². The summed E-state index contributed by atoms with van der Waals surface area (Å²) in [4.78, 5) is 4.51. The zero-order chi connectivity index (χ0) is 12.4. The molecule has 1 aromatic heterocycles. The standard InChI is InChI=1S/C14H19N3/c1-10(2)11-4-6-12(7-5-11)14-16-13(8-15)9-17(14)3/h4-7,9-10H,8,15H2,1-3H3. The Morgan fingerprint density at radius 1 is 1.24 bits per heavy atom. The molecule has 0 bridgehead atoms. The summed E-state index contributed by atoms with van der Waals surface area (Å²) in [5.41, 5.74) is 9.01. The van der Waals surface area contributed by atoms with E-state index < -0.39 is 0 Å². The maximum Gasteiger partial charge on any atom is 0.140 e. The van der Waals surface area contributed by atoms with Gasteiger partial charge in [0.05, 0.1) is 5.69 Å². The first-order chi connectivity index (χ1) is 8.11. The molecule has 1 aromatic carbocycles. The second kappa shape index (κ2) is 4.72. The van der Waals surface area contributed by atoms with Crippen LogP contribution in [-0.4, -0.2) is 9.55 Å². The Morgan fingerprint density at radius 3 is 2.35 bits per heavy atom. The van der Waals surface area contributed by atoms with Crippen molar-refractivity contribution < 1.29 is 0 Å². The molecule has 0 aliphatic carbocycles. The van der Waals surface area contributed by atoms with Crippen molar-refractivity contribution in [2.45, 2.75) is 26.3 Å². The van der Waals surface area contributed by atoms with E-state index in [-0.39, 0.29) is 0 Å². The maximum atomic E-state index is 5.60. The lowest BCUT2D eigenvalue weighted by atomic mass is 10.0. The van der Waals surface area contributed by atoms with Crippen molar-refractivity contribution in [1.82, 2.24) is 9.55 Å². The van der Waals surface area contributed by atoms with E-state index in [4.69, 9.17) is 5.73 Å². The quantitative estimate of drug-likeness (QED) is 0.879. The Kier molecular flexibility index (Phi) is 3.29. The molecule has 2 aromatic rings. The summed E-state index contributed by atoms with van der Waals surface area (Å²) in [6, 6.07) is 8.57. The van der Waals surface area contributed by atoms with Gasteiger partial charge in [-0.1, -0.05) is 38.1 Å². The van der Waals surface area contributed by atoms with E-state index in [0.29, 0.717) is 12.5 Å². The van der Waals surface area contributed by atoms with Crippen LogP contribution in [0.1, 0.15) is 31.0 Å². The normalized spacial score (nSPS) is 11.1. The molecule has 1 heterocycles. The molecule has 17 heavy (non-hydrogen) atoms. The fourth-order valence-corrected chi connectivity index (χ4v) is 1.91. The Labute approximate surface area is 102 Å². The lowest BCUT2D eigenvalue weighted by molar-refractivity contribution is 0.866. The third kappa shape index (κ3) is 2.39. The molecule has 0 aliphatic heterocycles. The van der Waals surface area contributed by atoms with Crippen molar-refractivity contribution in [2.24, 2.45) is 12.8 Å². The zero-order valence-electron chi connectivity index (χ0n) is 10.6. The molecule has 0 amide bonds. The molecule has 0 saturated heterocycles. The number of aromatic nitrogens is 2.